The lowest BCUT2D eigenvalue weighted by atomic mass is 10.2. The third-order valence-electron chi connectivity index (χ3n) is 3.27. The smallest absolute Gasteiger partial charge is 0.128 e. The summed E-state index contributed by atoms with van der Waals surface area (Å²) in [6, 6.07) is 12.9. The summed E-state index contributed by atoms with van der Waals surface area (Å²) in [7, 11) is 2.04. The van der Waals surface area contributed by atoms with Crippen LogP contribution in [0.15, 0.2) is 42.6 Å². The van der Waals surface area contributed by atoms with Crippen LogP contribution in [0.3, 0.4) is 0 Å². The number of aromatic nitrogens is 1. The predicted molar refractivity (Wildman–Crippen MR) is 89.8 cm³/mol. The van der Waals surface area contributed by atoms with Crippen LogP contribution in [0.5, 0.6) is 0 Å². The first-order valence-corrected chi connectivity index (χ1v) is 7.57. The van der Waals surface area contributed by atoms with Crippen molar-refractivity contribution in [2.45, 2.75) is 33.0 Å². The van der Waals surface area contributed by atoms with E-state index in [2.05, 4.69) is 59.4 Å². The fourth-order valence-electron chi connectivity index (χ4n) is 2.06. The molecule has 0 unspecified atom stereocenters. The number of nitrogens with one attached hydrogen (secondary N) is 1. The number of hydrogen-bond acceptors (Lipinski definition) is 3. The lowest BCUT2D eigenvalue weighted by Crippen LogP contribution is -2.23. The van der Waals surface area contributed by atoms with Gasteiger partial charge in [0.15, 0.2) is 0 Å². The van der Waals surface area contributed by atoms with Crippen molar-refractivity contribution in [3.05, 3.63) is 58.7 Å². The minimum absolute atomic E-state index is 0.430. The highest BCUT2D eigenvalue weighted by Gasteiger charge is 2.08. The molecule has 0 radical (unpaired) electrons. The fourth-order valence-corrected chi connectivity index (χ4v) is 2.23. The van der Waals surface area contributed by atoms with E-state index < -0.39 is 0 Å². The number of pyridine rings is 1. The van der Waals surface area contributed by atoms with Crippen LogP contribution in [0.4, 0.5) is 5.82 Å². The van der Waals surface area contributed by atoms with Gasteiger partial charge < -0.3 is 10.2 Å². The average Bonchev–Trinajstić information content (AvgIpc) is 2.47. The van der Waals surface area contributed by atoms with Crippen molar-refractivity contribution < 1.29 is 0 Å². The maximum Gasteiger partial charge on any atom is 0.128 e. The Labute approximate surface area is 132 Å². The van der Waals surface area contributed by atoms with E-state index in [0.29, 0.717) is 11.1 Å². The number of anilines is 1. The van der Waals surface area contributed by atoms with Crippen molar-refractivity contribution in [3.63, 3.8) is 0 Å². The minimum atomic E-state index is 0.430. The van der Waals surface area contributed by atoms with E-state index in [1.54, 1.807) is 6.20 Å². The SMILES string of the molecule is CC(C)NCc1cc(N(C)Cc2ccccc2)ncc1Cl. The number of benzene rings is 1. The molecule has 2 rings (SSSR count). The lowest BCUT2D eigenvalue weighted by molar-refractivity contribution is 0.588. The minimum Gasteiger partial charge on any atom is -0.355 e. The van der Waals surface area contributed by atoms with Crippen molar-refractivity contribution in [3.8, 4) is 0 Å². The lowest BCUT2D eigenvalue weighted by Gasteiger charge is -2.20. The molecule has 2 aromatic rings. The van der Waals surface area contributed by atoms with E-state index in [-0.39, 0.29) is 0 Å². The predicted octanol–water partition coefficient (Wildman–Crippen LogP) is 3.87. The van der Waals surface area contributed by atoms with Crippen LogP contribution < -0.4 is 10.2 Å². The summed E-state index contributed by atoms with van der Waals surface area (Å²) >= 11 is 6.22. The summed E-state index contributed by atoms with van der Waals surface area (Å²) in [6.07, 6.45) is 1.73. The molecule has 0 saturated heterocycles. The Morgan fingerprint density at radius 1 is 1.24 bits per heavy atom. The van der Waals surface area contributed by atoms with E-state index in [1.165, 1.54) is 5.56 Å². The molecule has 1 heterocycles. The van der Waals surface area contributed by atoms with Gasteiger partial charge in [-0.25, -0.2) is 4.98 Å². The molecule has 1 N–H and O–H groups in total. The normalized spacial score (nSPS) is 10.9. The molecule has 0 spiro atoms. The molecule has 1 aromatic heterocycles. The highest BCUT2D eigenvalue weighted by atomic mass is 35.5. The van der Waals surface area contributed by atoms with E-state index in [9.17, 15) is 0 Å². The summed E-state index contributed by atoms with van der Waals surface area (Å²) in [4.78, 5) is 6.56. The maximum atomic E-state index is 6.22. The Hall–Kier alpha value is -1.58. The molecule has 0 amide bonds. The third kappa shape index (κ3) is 4.73. The number of rotatable bonds is 6. The maximum absolute atomic E-state index is 6.22. The highest BCUT2D eigenvalue weighted by molar-refractivity contribution is 6.31. The number of nitrogens with zero attached hydrogens (tertiary/aromatic N) is 2. The third-order valence-corrected chi connectivity index (χ3v) is 3.62. The molecule has 1 aromatic carbocycles. The van der Waals surface area contributed by atoms with Crippen molar-refractivity contribution >= 4 is 17.4 Å². The van der Waals surface area contributed by atoms with E-state index in [0.717, 1.165) is 24.5 Å². The fraction of sp³-hybridized carbons (Fsp3) is 0.353. The molecular weight excluding hydrogens is 282 g/mol. The first-order valence-electron chi connectivity index (χ1n) is 7.19. The molecule has 0 aliphatic carbocycles. The summed E-state index contributed by atoms with van der Waals surface area (Å²) < 4.78 is 0. The van der Waals surface area contributed by atoms with Gasteiger partial charge in [-0.3, -0.25) is 0 Å². The van der Waals surface area contributed by atoms with Gasteiger partial charge in [0.2, 0.25) is 0 Å². The van der Waals surface area contributed by atoms with Gasteiger partial charge in [-0.1, -0.05) is 55.8 Å². The zero-order valence-electron chi connectivity index (χ0n) is 12.8. The van der Waals surface area contributed by atoms with E-state index in [1.807, 2.05) is 13.1 Å². The van der Waals surface area contributed by atoms with Gasteiger partial charge in [-0.2, -0.15) is 0 Å². The van der Waals surface area contributed by atoms with Crippen LogP contribution in [-0.4, -0.2) is 18.1 Å². The molecule has 4 heteroatoms. The first-order chi connectivity index (χ1) is 10.1. The zero-order valence-corrected chi connectivity index (χ0v) is 13.6. The summed E-state index contributed by atoms with van der Waals surface area (Å²) in [5.41, 5.74) is 2.34. The van der Waals surface area contributed by atoms with Crippen LogP contribution in [0.1, 0.15) is 25.0 Å². The van der Waals surface area contributed by atoms with Gasteiger partial charge in [0.25, 0.3) is 0 Å². The second-order valence-corrected chi connectivity index (χ2v) is 5.92. The largest absolute Gasteiger partial charge is 0.355 e. The van der Waals surface area contributed by atoms with Crippen molar-refractivity contribution in [2.24, 2.45) is 0 Å². The molecule has 0 aliphatic rings. The average molecular weight is 304 g/mol. The molecule has 21 heavy (non-hydrogen) atoms. The topological polar surface area (TPSA) is 28.2 Å². The van der Waals surface area contributed by atoms with Gasteiger partial charge in [-0.15, -0.1) is 0 Å². The quantitative estimate of drug-likeness (QED) is 0.878. The van der Waals surface area contributed by atoms with Gasteiger partial charge >= 0.3 is 0 Å². The van der Waals surface area contributed by atoms with Crippen LogP contribution >= 0.6 is 11.6 Å². The monoisotopic (exact) mass is 303 g/mol. The van der Waals surface area contributed by atoms with Crippen LogP contribution in [0.25, 0.3) is 0 Å². The molecular formula is C17H22ClN3. The zero-order chi connectivity index (χ0) is 15.2. The highest BCUT2D eigenvalue weighted by Crippen LogP contribution is 2.21. The second-order valence-electron chi connectivity index (χ2n) is 5.51. The summed E-state index contributed by atoms with van der Waals surface area (Å²) in [5, 5.41) is 4.10. The standard InChI is InChI=1S/C17H22ClN3/c1-13(2)19-10-15-9-17(20-11-16(15)18)21(3)12-14-7-5-4-6-8-14/h4-9,11,13,19H,10,12H2,1-3H3. The van der Waals surface area contributed by atoms with Gasteiger partial charge in [-0.05, 0) is 17.2 Å². The van der Waals surface area contributed by atoms with E-state index in [4.69, 9.17) is 11.6 Å². The molecule has 0 fully saturated rings. The molecule has 3 nitrogen and oxygen atoms in total. The summed E-state index contributed by atoms with van der Waals surface area (Å²) in [6.45, 7) is 5.83. The molecule has 0 aliphatic heterocycles. The van der Waals surface area contributed by atoms with Gasteiger partial charge in [0.1, 0.15) is 5.82 Å². The van der Waals surface area contributed by atoms with Crippen molar-refractivity contribution in [1.82, 2.24) is 10.3 Å². The Morgan fingerprint density at radius 3 is 2.62 bits per heavy atom. The van der Waals surface area contributed by atoms with Gasteiger partial charge in [0.05, 0.1) is 5.02 Å². The molecule has 0 atom stereocenters. The number of hydrogen-bond donors (Lipinski definition) is 1. The molecule has 0 saturated carbocycles. The Kier molecular flexibility index (Phi) is 5.59. The molecule has 0 bridgehead atoms. The molecule has 112 valence electrons. The van der Waals surface area contributed by atoms with Gasteiger partial charge in [0, 0.05) is 32.4 Å². The van der Waals surface area contributed by atoms with E-state index >= 15 is 0 Å². The Morgan fingerprint density at radius 2 is 1.95 bits per heavy atom. The number of halogens is 1. The Bertz CT molecular complexity index is 570. The Balaban J connectivity index is 2.10. The van der Waals surface area contributed by atoms with Crippen molar-refractivity contribution in [2.75, 3.05) is 11.9 Å². The first kappa shape index (κ1) is 15.8. The van der Waals surface area contributed by atoms with Crippen LogP contribution in [0, 0.1) is 0 Å². The van der Waals surface area contributed by atoms with Crippen LogP contribution in [0.2, 0.25) is 5.02 Å². The summed E-state index contributed by atoms with van der Waals surface area (Å²) in [5.74, 6) is 0.934. The second kappa shape index (κ2) is 7.43. The van der Waals surface area contributed by atoms with Crippen molar-refractivity contribution in [1.29, 1.82) is 0 Å². The van der Waals surface area contributed by atoms with Crippen LogP contribution in [-0.2, 0) is 13.1 Å².